The van der Waals surface area contributed by atoms with E-state index in [0.29, 0.717) is 0 Å². The largest absolute Gasteiger partial charge is 0.0895 e. The summed E-state index contributed by atoms with van der Waals surface area (Å²) in [5.41, 5.74) is 6.32. The normalized spacial score (nSPS) is 13.7. The molecule has 0 aliphatic heterocycles. The van der Waals surface area contributed by atoms with Crippen molar-refractivity contribution < 1.29 is 0 Å². The number of benzene rings is 2. The summed E-state index contributed by atoms with van der Waals surface area (Å²) in [5, 5.41) is 0. The fourth-order valence-electron chi connectivity index (χ4n) is 4.15. The van der Waals surface area contributed by atoms with Crippen molar-refractivity contribution in [3.63, 3.8) is 0 Å². The van der Waals surface area contributed by atoms with Gasteiger partial charge in [0.2, 0.25) is 0 Å². The molecule has 0 radical (unpaired) electrons. The minimum atomic E-state index is 0.0930. The molecule has 2 rings (SSSR count). The van der Waals surface area contributed by atoms with Crippen LogP contribution in [-0.4, -0.2) is 0 Å². The van der Waals surface area contributed by atoms with Crippen molar-refractivity contribution in [2.75, 3.05) is 0 Å². The van der Waals surface area contributed by atoms with Gasteiger partial charge in [0.05, 0.1) is 0 Å². The van der Waals surface area contributed by atoms with Crippen LogP contribution in [0.15, 0.2) is 46.2 Å². The van der Waals surface area contributed by atoms with Gasteiger partial charge < -0.3 is 0 Å². The van der Waals surface area contributed by atoms with Gasteiger partial charge in [0.1, 0.15) is 0 Å². The van der Waals surface area contributed by atoms with Gasteiger partial charge in [0.15, 0.2) is 0 Å². The Morgan fingerprint density at radius 3 is 1.00 bits per heavy atom. The standard InChI is InChI=1S/C28H42S/c1-25(2,3)19-15-13-17-21(23(19)27(7,8)9)29-22-18-14-16-20(26(4,5)6)24(22)28(10,11)12/h13-18H,1-12H3. The molecule has 2 aromatic rings. The third-order valence-electron chi connectivity index (χ3n) is 5.39. The summed E-state index contributed by atoms with van der Waals surface area (Å²) in [6.07, 6.45) is 0. The van der Waals surface area contributed by atoms with E-state index in [4.69, 9.17) is 0 Å². The SMILES string of the molecule is CC(C)(C)c1cccc(Sc2cccc(C(C)(C)C)c2C(C)(C)C)c1C(C)(C)C. The summed E-state index contributed by atoms with van der Waals surface area (Å²) in [6, 6.07) is 13.8. The first-order valence-corrected chi connectivity index (χ1v) is 11.7. The maximum absolute atomic E-state index is 2.35. The van der Waals surface area contributed by atoms with Crippen LogP contribution in [0.1, 0.15) is 105 Å². The lowest BCUT2D eigenvalue weighted by molar-refractivity contribution is 0.518. The van der Waals surface area contributed by atoms with Crippen molar-refractivity contribution in [1.29, 1.82) is 0 Å². The monoisotopic (exact) mass is 410 g/mol. The smallest absolute Gasteiger partial charge is 0.0162 e. The first-order chi connectivity index (χ1) is 12.9. The summed E-state index contributed by atoms with van der Waals surface area (Å²) in [5.74, 6) is 0. The third-order valence-corrected chi connectivity index (χ3v) is 6.51. The summed E-state index contributed by atoms with van der Waals surface area (Å²) in [4.78, 5) is 2.78. The summed E-state index contributed by atoms with van der Waals surface area (Å²) in [7, 11) is 0. The first kappa shape index (κ1) is 24.1. The van der Waals surface area contributed by atoms with Gasteiger partial charge in [0.25, 0.3) is 0 Å². The average molecular weight is 411 g/mol. The highest BCUT2D eigenvalue weighted by Gasteiger charge is 2.31. The predicted molar refractivity (Wildman–Crippen MR) is 132 cm³/mol. The van der Waals surface area contributed by atoms with Crippen molar-refractivity contribution in [2.45, 2.75) is 115 Å². The Morgan fingerprint density at radius 2 is 0.759 bits per heavy atom. The topological polar surface area (TPSA) is 0 Å². The Hall–Kier alpha value is -1.21. The summed E-state index contributed by atoms with van der Waals surface area (Å²) in [6.45, 7) is 28.0. The molecule has 160 valence electrons. The Morgan fingerprint density at radius 1 is 0.448 bits per heavy atom. The lowest BCUT2D eigenvalue weighted by Crippen LogP contribution is -2.24. The van der Waals surface area contributed by atoms with Gasteiger partial charge in [-0.1, -0.05) is 119 Å². The van der Waals surface area contributed by atoms with E-state index in [0.717, 1.165) is 0 Å². The van der Waals surface area contributed by atoms with E-state index in [1.807, 2.05) is 11.8 Å². The van der Waals surface area contributed by atoms with Gasteiger partial charge in [-0.25, -0.2) is 0 Å². The quantitative estimate of drug-likeness (QED) is 0.476. The van der Waals surface area contributed by atoms with Crippen LogP contribution < -0.4 is 0 Å². The molecule has 0 aromatic heterocycles. The number of hydrogen-bond donors (Lipinski definition) is 0. The van der Waals surface area contributed by atoms with E-state index in [-0.39, 0.29) is 21.7 Å². The highest BCUT2D eigenvalue weighted by molar-refractivity contribution is 7.99. The molecule has 0 N–H and O–H groups in total. The third kappa shape index (κ3) is 5.48. The van der Waals surface area contributed by atoms with Gasteiger partial charge in [-0.2, -0.15) is 0 Å². The minimum Gasteiger partial charge on any atom is -0.0895 e. The lowest BCUT2D eigenvalue weighted by Gasteiger charge is -2.34. The highest BCUT2D eigenvalue weighted by Crippen LogP contribution is 2.46. The molecular formula is C28H42S. The van der Waals surface area contributed by atoms with Crippen LogP contribution in [0.2, 0.25) is 0 Å². The van der Waals surface area contributed by atoms with Crippen LogP contribution >= 0.6 is 11.8 Å². The van der Waals surface area contributed by atoms with Gasteiger partial charge in [-0.05, 0) is 56.0 Å². The van der Waals surface area contributed by atoms with Crippen molar-refractivity contribution in [1.82, 2.24) is 0 Å². The summed E-state index contributed by atoms with van der Waals surface area (Å²) >= 11 is 1.96. The second kappa shape index (κ2) is 7.80. The van der Waals surface area contributed by atoms with E-state index in [1.54, 1.807) is 0 Å². The Kier molecular flexibility index (Phi) is 6.47. The molecule has 0 aliphatic rings. The van der Waals surface area contributed by atoms with E-state index >= 15 is 0 Å². The van der Waals surface area contributed by atoms with Crippen LogP contribution in [0, 0.1) is 0 Å². The molecule has 0 amide bonds. The molecule has 0 bridgehead atoms. The molecule has 29 heavy (non-hydrogen) atoms. The zero-order chi connectivity index (χ0) is 22.4. The molecule has 0 heterocycles. The average Bonchev–Trinajstić information content (AvgIpc) is 2.50. The molecule has 0 saturated heterocycles. The van der Waals surface area contributed by atoms with Crippen molar-refractivity contribution in [3.8, 4) is 0 Å². The maximum Gasteiger partial charge on any atom is 0.0162 e. The maximum atomic E-state index is 2.35. The van der Waals surface area contributed by atoms with Crippen molar-refractivity contribution in [2.24, 2.45) is 0 Å². The fraction of sp³-hybridized carbons (Fsp3) is 0.571. The molecule has 0 spiro atoms. The Balaban J connectivity index is 2.77. The molecule has 0 saturated carbocycles. The van der Waals surface area contributed by atoms with Gasteiger partial charge in [0, 0.05) is 9.79 Å². The van der Waals surface area contributed by atoms with Crippen LogP contribution in [-0.2, 0) is 21.7 Å². The number of rotatable bonds is 2. The van der Waals surface area contributed by atoms with E-state index < -0.39 is 0 Å². The zero-order valence-corrected chi connectivity index (χ0v) is 21.7. The zero-order valence-electron chi connectivity index (χ0n) is 20.9. The molecule has 0 unspecified atom stereocenters. The number of hydrogen-bond acceptors (Lipinski definition) is 1. The van der Waals surface area contributed by atoms with Crippen LogP contribution in [0.5, 0.6) is 0 Å². The van der Waals surface area contributed by atoms with Gasteiger partial charge in [-0.15, -0.1) is 0 Å². The fourth-order valence-corrected chi connectivity index (χ4v) is 5.71. The van der Waals surface area contributed by atoms with E-state index in [1.165, 1.54) is 32.0 Å². The van der Waals surface area contributed by atoms with Crippen LogP contribution in [0.4, 0.5) is 0 Å². The van der Waals surface area contributed by atoms with Crippen LogP contribution in [0.25, 0.3) is 0 Å². The van der Waals surface area contributed by atoms with Gasteiger partial charge >= 0.3 is 0 Å². The van der Waals surface area contributed by atoms with Crippen molar-refractivity contribution in [3.05, 3.63) is 58.7 Å². The molecular weight excluding hydrogens is 368 g/mol. The molecule has 0 fully saturated rings. The van der Waals surface area contributed by atoms with E-state index in [9.17, 15) is 0 Å². The molecule has 0 nitrogen and oxygen atoms in total. The summed E-state index contributed by atoms with van der Waals surface area (Å²) < 4.78 is 0. The van der Waals surface area contributed by atoms with Crippen molar-refractivity contribution >= 4 is 11.8 Å². The molecule has 0 atom stereocenters. The second-order valence-electron chi connectivity index (χ2n) is 12.5. The predicted octanol–water partition coefficient (Wildman–Crippen LogP) is 9.03. The van der Waals surface area contributed by atoms with Gasteiger partial charge in [-0.3, -0.25) is 0 Å². The van der Waals surface area contributed by atoms with E-state index in [2.05, 4.69) is 119 Å². The Bertz CT molecular complexity index is 786. The lowest BCUT2D eigenvalue weighted by atomic mass is 9.75. The second-order valence-corrected chi connectivity index (χ2v) is 13.5. The van der Waals surface area contributed by atoms with Crippen LogP contribution in [0.3, 0.4) is 0 Å². The molecule has 2 aromatic carbocycles. The molecule has 0 aliphatic carbocycles. The first-order valence-electron chi connectivity index (χ1n) is 10.9. The Labute approximate surface area is 184 Å². The molecule has 1 heteroatoms. The highest BCUT2D eigenvalue weighted by atomic mass is 32.2. The minimum absolute atomic E-state index is 0.0930.